The first kappa shape index (κ1) is 13.7. The highest BCUT2D eigenvalue weighted by molar-refractivity contribution is 5.98. The summed E-state index contributed by atoms with van der Waals surface area (Å²) >= 11 is 0. The highest BCUT2D eigenvalue weighted by Gasteiger charge is 2.19. The molecule has 0 saturated heterocycles. The van der Waals surface area contributed by atoms with E-state index >= 15 is 0 Å². The minimum absolute atomic E-state index is 0.131. The number of benzene rings is 1. The summed E-state index contributed by atoms with van der Waals surface area (Å²) in [7, 11) is 0. The van der Waals surface area contributed by atoms with Crippen LogP contribution in [0.15, 0.2) is 34.9 Å². The van der Waals surface area contributed by atoms with Gasteiger partial charge in [-0.15, -0.1) is 0 Å². The Kier molecular flexibility index (Phi) is 3.74. The quantitative estimate of drug-likeness (QED) is 0.671. The first-order chi connectivity index (χ1) is 9.47. The lowest BCUT2D eigenvalue weighted by Gasteiger charge is -2.02. The fourth-order valence-corrected chi connectivity index (χ4v) is 1.85. The van der Waals surface area contributed by atoms with Crippen molar-refractivity contribution in [3.8, 4) is 0 Å². The minimum atomic E-state index is -0.675. The van der Waals surface area contributed by atoms with Gasteiger partial charge in [0, 0.05) is 6.07 Å². The summed E-state index contributed by atoms with van der Waals surface area (Å²) in [6.07, 6.45) is 3.60. The number of hydrogen-bond acceptors (Lipinski definition) is 6. The van der Waals surface area contributed by atoms with Crippen LogP contribution in [0.2, 0.25) is 0 Å². The van der Waals surface area contributed by atoms with Gasteiger partial charge in [0.25, 0.3) is 5.69 Å². The number of rotatable bonds is 4. The molecule has 0 bridgehead atoms. The van der Waals surface area contributed by atoms with Gasteiger partial charge in [-0.25, -0.2) is 0 Å². The molecule has 0 aromatic heterocycles. The van der Waals surface area contributed by atoms with Gasteiger partial charge < -0.3 is 0 Å². The number of anilines is 1. The van der Waals surface area contributed by atoms with E-state index < -0.39 is 9.85 Å². The van der Waals surface area contributed by atoms with Gasteiger partial charge in [0.05, 0.1) is 21.6 Å². The molecule has 0 saturated carbocycles. The highest BCUT2D eigenvalue weighted by atomic mass is 16.6. The lowest BCUT2D eigenvalue weighted by molar-refractivity contribution is -0.393. The molecule has 2 rings (SSSR count). The molecule has 1 N–H and O–H groups in total. The van der Waals surface area contributed by atoms with E-state index in [0.29, 0.717) is 0 Å². The summed E-state index contributed by atoms with van der Waals surface area (Å²) in [6, 6.07) is 3.40. The highest BCUT2D eigenvalue weighted by Crippen LogP contribution is 2.29. The molecule has 1 aliphatic carbocycles. The summed E-state index contributed by atoms with van der Waals surface area (Å²) in [5, 5.41) is 25.6. The predicted octanol–water partition coefficient (Wildman–Crippen LogP) is 3.01. The van der Waals surface area contributed by atoms with Crippen LogP contribution in [-0.4, -0.2) is 15.6 Å². The van der Waals surface area contributed by atoms with E-state index in [-0.39, 0.29) is 17.1 Å². The van der Waals surface area contributed by atoms with Crippen molar-refractivity contribution < 1.29 is 9.85 Å². The van der Waals surface area contributed by atoms with Gasteiger partial charge >= 0.3 is 5.69 Å². The zero-order valence-corrected chi connectivity index (χ0v) is 10.7. The Morgan fingerprint density at radius 2 is 1.95 bits per heavy atom. The Balaban J connectivity index is 2.27. The zero-order chi connectivity index (χ0) is 14.7. The Morgan fingerprint density at radius 1 is 1.20 bits per heavy atom. The fraction of sp³-hybridized carbons (Fsp3) is 0.250. The van der Waals surface area contributed by atoms with E-state index in [1.54, 1.807) is 0 Å². The summed E-state index contributed by atoms with van der Waals surface area (Å²) in [5.74, 6) is 0. The smallest absolute Gasteiger partial charge is 0.271 e. The van der Waals surface area contributed by atoms with E-state index in [0.717, 1.165) is 24.6 Å². The van der Waals surface area contributed by atoms with Gasteiger partial charge in [0.1, 0.15) is 5.69 Å². The molecule has 1 aromatic rings. The number of nitrogens with one attached hydrogen (secondary N) is 1. The van der Waals surface area contributed by atoms with E-state index in [1.165, 1.54) is 17.7 Å². The Hall–Kier alpha value is -2.77. The molecule has 0 fully saturated rings. The van der Waals surface area contributed by atoms with Crippen molar-refractivity contribution in [1.29, 1.82) is 0 Å². The standard InChI is InChI=1S/C12H12N4O4/c1-8-2-3-9(6-8)13-14-11-5-4-10(15(17)18)7-12(11)16(19)20/h4-7,14H,2-3H2,1H3. The number of hydrogen-bond donors (Lipinski definition) is 1. The maximum atomic E-state index is 10.9. The molecule has 0 unspecified atom stereocenters. The molecule has 1 aliphatic rings. The first-order valence-corrected chi connectivity index (χ1v) is 5.90. The molecule has 0 aliphatic heterocycles. The second kappa shape index (κ2) is 5.47. The average molecular weight is 276 g/mol. The molecule has 8 heteroatoms. The lowest BCUT2D eigenvalue weighted by atomic mass is 10.2. The molecular formula is C12H12N4O4. The summed E-state index contributed by atoms with van der Waals surface area (Å²) in [4.78, 5) is 20.2. The topological polar surface area (TPSA) is 111 Å². The zero-order valence-electron chi connectivity index (χ0n) is 10.7. The average Bonchev–Trinajstić information content (AvgIpc) is 2.81. The van der Waals surface area contributed by atoms with Gasteiger partial charge in [-0.3, -0.25) is 25.7 Å². The van der Waals surface area contributed by atoms with Crippen molar-refractivity contribution in [2.75, 3.05) is 5.43 Å². The van der Waals surface area contributed by atoms with Crippen LogP contribution in [0.25, 0.3) is 0 Å². The molecule has 1 aromatic carbocycles. The largest absolute Gasteiger partial charge is 0.301 e. The number of non-ortho nitro benzene ring substituents is 1. The Labute approximate surface area is 114 Å². The molecule has 0 heterocycles. The Morgan fingerprint density at radius 3 is 2.50 bits per heavy atom. The maximum Gasteiger partial charge on any atom is 0.301 e. The first-order valence-electron chi connectivity index (χ1n) is 5.90. The van der Waals surface area contributed by atoms with Gasteiger partial charge in [0.15, 0.2) is 0 Å². The lowest BCUT2D eigenvalue weighted by Crippen LogP contribution is -2.00. The van der Waals surface area contributed by atoms with Crippen LogP contribution in [0.4, 0.5) is 17.1 Å². The normalized spacial score (nSPS) is 16.1. The van der Waals surface area contributed by atoms with Gasteiger partial charge in [-0.2, -0.15) is 5.10 Å². The summed E-state index contributed by atoms with van der Waals surface area (Å²) in [5.41, 5.74) is 4.03. The van der Waals surface area contributed by atoms with E-state index in [2.05, 4.69) is 10.5 Å². The van der Waals surface area contributed by atoms with Crippen molar-refractivity contribution >= 4 is 22.8 Å². The van der Waals surface area contributed by atoms with Crippen LogP contribution in [0, 0.1) is 20.2 Å². The number of nitro benzene ring substituents is 2. The third-order valence-electron chi connectivity index (χ3n) is 2.90. The predicted molar refractivity (Wildman–Crippen MR) is 73.8 cm³/mol. The number of hydrazone groups is 1. The molecule has 8 nitrogen and oxygen atoms in total. The van der Waals surface area contributed by atoms with Crippen molar-refractivity contribution in [1.82, 2.24) is 0 Å². The van der Waals surface area contributed by atoms with Crippen LogP contribution >= 0.6 is 0 Å². The minimum Gasteiger partial charge on any atom is -0.271 e. The van der Waals surface area contributed by atoms with Crippen LogP contribution < -0.4 is 5.43 Å². The molecule has 0 amide bonds. The monoisotopic (exact) mass is 276 g/mol. The fourth-order valence-electron chi connectivity index (χ4n) is 1.85. The second-order valence-corrected chi connectivity index (χ2v) is 4.42. The molecule has 20 heavy (non-hydrogen) atoms. The molecule has 0 radical (unpaired) electrons. The summed E-state index contributed by atoms with van der Waals surface area (Å²) in [6.45, 7) is 1.98. The van der Waals surface area contributed by atoms with Gasteiger partial charge in [0.2, 0.25) is 0 Å². The van der Waals surface area contributed by atoms with Crippen molar-refractivity contribution in [3.05, 3.63) is 50.1 Å². The third kappa shape index (κ3) is 2.97. The molecule has 0 spiro atoms. The number of nitro groups is 2. The van der Waals surface area contributed by atoms with E-state index in [9.17, 15) is 20.2 Å². The van der Waals surface area contributed by atoms with Crippen LogP contribution in [0.5, 0.6) is 0 Å². The van der Waals surface area contributed by atoms with E-state index in [1.807, 2.05) is 13.0 Å². The molecule has 104 valence electrons. The summed E-state index contributed by atoms with van der Waals surface area (Å²) < 4.78 is 0. The SMILES string of the molecule is CC1=CC(=NNc2ccc([N+](=O)[O-])cc2[N+](=O)[O-])CC1. The van der Waals surface area contributed by atoms with Gasteiger partial charge in [-0.1, -0.05) is 5.57 Å². The Bertz CT molecular complexity index is 636. The maximum absolute atomic E-state index is 10.9. The van der Waals surface area contributed by atoms with Crippen LogP contribution in [0.1, 0.15) is 19.8 Å². The molecular weight excluding hydrogens is 264 g/mol. The number of nitrogens with zero attached hydrogens (tertiary/aromatic N) is 3. The van der Waals surface area contributed by atoms with Crippen molar-refractivity contribution in [2.24, 2.45) is 5.10 Å². The van der Waals surface area contributed by atoms with Crippen LogP contribution in [-0.2, 0) is 0 Å². The van der Waals surface area contributed by atoms with Crippen LogP contribution in [0.3, 0.4) is 0 Å². The molecule has 0 atom stereocenters. The second-order valence-electron chi connectivity index (χ2n) is 4.42. The van der Waals surface area contributed by atoms with Crippen molar-refractivity contribution in [2.45, 2.75) is 19.8 Å². The number of allylic oxidation sites excluding steroid dienone is 2. The third-order valence-corrected chi connectivity index (χ3v) is 2.90. The van der Waals surface area contributed by atoms with Crippen molar-refractivity contribution in [3.63, 3.8) is 0 Å². The van der Waals surface area contributed by atoms with E-state index in [4.69, 9.17) is 0 Å². The van der Waals surface area contributed by atoms with Gasteiger partial charge in [-0.05, 0) is 31.9 Å².